The zero-order valence-electron chi connectivity index (χ0n) is 16.7. The fraction of sp³-hybridized carbons (Fsp3) is 0.125. The van der Waals surface area contributed by atoms with Gasteiger partial charge in [-0.3, -0.25) is 4.79 Å². The Hall–Kier alpha value is -3.58. The van der Waals surface area contributed by atoms with E-state index in [1.54, 1.807) is 6.21 Å². The van der Waals surface area contributed by atoms with Crippen LogP contribution >= 0.6 is 11.8 Å². The van der Waals surface area contributed by atoms with Crippen LogP contribution in [0.2, 0.25) is 0 Å². The Kier molecular flexibility index (Phi) is 6.97. The molecule has 0 spiro atoms. The molecule has 1 aliphatic rings. The zero-order valence-corrected chi connectivity index (χ0v) is 17.5. The first kappa shape index (κ1) is 20.7. The Labute approximate surface area is 185 Å². The maximum absolute atomic E-state index is 11.2. The summed E-state index contributed by atoms with van der Waals surface area (Å²) in [5.41, 5.74) is 2.96. The number of hydrogen-bond acceptors (Lipinski definition) is 6. The SMILES string of the molecule is O=C1CSC(=NN=Cc2ccc(OCc3ccccc3)c(OCc3ccccc3)c2)N1. The van der Waals surface area contributed by atoms with Crippen molar-refractivity contribution in [2.75, 3.05) is 5.75 Å². The monoisotopic (exact) mass is 431 g/mol. The lowest BCUT2D eigenvalue weighted by molar-refractivity contribution is -0.116. The number of amides is 1. The molecule has 156 valence electrons. The van der Waals surface area contributed by atoms with Crippen molar-refractivity contribution in [2.45, 2.75) is 13.2 Å². The van der Waals surface area contributed by atoms with E-state index in [2.05, 4.69) is 15.5 Å². The van der Waals surface area contributed by atoms with Gasteiger partial charge in [-0.25, -0.2) is 0 Å². The number of nitrogens with zero attached hydrogens (tertiary/aromatic N) is 2. The Morgan fingerprint density at radius 1 is 0.871 bits per heavy atom. The number of thioether (sulfide) groups is 1. The average molecular weight is 432 g/mol. The summed E-state index contributed by atoms with van der Waals surface area (Å²) in [5, 5.41) is 11.3. The molecule has 0 bridgehead atoms. The molecule has 1 heterocycles. The molecule has 31 heavy (non-hydrogen) atoms. The third kappa shape index (κ3) is 6.20. The molecule has 1 N–H and O–H groups in total. The standard InChI is InChI=1S/C24H21N3O3S/c28-23-17-31-24(26-23)27-25-14-20-11-12-21(29-15-18-7-3-1-4-8-18)22(13-20)30-16-19-9-5-2-6-10-19/h1-14H,15-17H2,(H,26,27,28). The van der Waals surface area contributed by atoms with Crippen LogP contribution in [0.5, 0.6) is 11.5 Å². The fourth-order valence-electron chi connectivity index (χ4n) is 2.83. The Bertz CT molecular complexity index is 1090. The highest BCUT2D eigenvalue weighted by molar-refractivity contribution is 8.15. The molecule has 0 aliphatic carbocycles. The van der Waals surface area contributed by atoms with Crippen molar-refractivity contribution in [2.24, 2.45) is 10.2 Å². The zero-order chi connectivity index (χ0) is 21.3. The van der Waals surface area contributed by atoms with Crippen LogP contribution < -0.4 is 14.8 Å². The molecule has 7 heteroatoms. The maximum atomic E-state index is 11.2. The van der Waals surface area contributed by atoms with E-state index in [9.17, 15) is 4.79 Å². The summed E-state index contributed by atoms with van der Waals surface area (Å²) in [5.74, 6) is 1.59. The molecular weight excluding hydrogens is 410 g/mol. The molecule has 0 atom stereocenters. The molecule has 3 aromatic carbocycles. The van der Waals surface area contributed by atoms with Crippen molar-refractivity contribution >= 4 is 29.1 Å². The summed E-state index contributed by atoms with van der Waals surface area (Å²) in [4.78, 5) is 11.2. The van der Waals surface area contributed by atoms with E-state index >= 15 is 0 Å². The van der Waals surface area contributed by atoms with Gasteiger partial charge in [-0.15, -0.1) is 5.10 Å². The van der Waals surface area contributed by atoms with E-state index < -0.39 is 0 Å². The van der Waals surface area contributed by atoms with Crippen LogP contribution in [-0.4, -0.2) is 23.0 Å². The number of carbonyl (C=O) groups is 1. The molecule has 1 aliphatic heterocycles. The number of ether oxygens (including phenoxy) is 2. The predicted molar refractivity (Wildman–Crippen MR) is 124 cm³/mol. The topological polar surface area (TPSA) is 72.3 Å². The van der Waals surface area contributed by atoms with Gasteiger partial charge in [-0.05, 0) is 34.9 Å². The summed E-state index contributed by atoms with van der Waals surface area (Å²) >= 11 is 1.33. The highest BCUT2D eigenvalue weighted by Gasteiger charge is 2.16. The largest absolute Gasteiger partial charge is 0.485 e. The minimum atomic E-state index is -0.0598. The van der Waals surface area contributed by atoms with Gasteiger partial charge >= 0.3 is 0 Å². The molecule has 1 saturated heterocycles. The lowest BCUT2D eigenvalue weighted by Gasteiger charge is -2.14. The molecule has 0 radical (unpaired) electrons. The number of carbonyl (C=O) groups excluding carboxylic acids is 1. The molecular formula is C24H21N3O3S. The summed E-state index contributed by atoms with van der Waals surface area (Å²) in [6.45, 7) is 0.870. The first-order valence-electron chi connectivity index (χ1n) is 9.77. The average Bonchev–Trinajstić information content (AvgIpc) is 3.23. The van der Waals surface area contributed by atoms with Crippen LogP contribution in [-0.2, 0) is 18.0 Å². The van der Waals surface area contributed by atoms with Gasteiger partial charge in [0.2, 0.25) is 5.91 Å². The molecule has 6 nitrogen and oxygen atoms in total. The molecule has 1 amide bonds. The third-order valence-corrected chi connectivity index (χ3v) is 5.25. The van der Waals surface area contributed by atoms with E-state index in [-0.39, 0.29) is 5.91 Å². The van der Waals surface area contributed by atoms with Crippen molar-refractivity contribution in [3.63, 3.8) is 0 Å². The first-order chi connectivity index (χ1) is 15.3. The minimum absolute atomic E-state index is 0.0598. The van der Waals surface area contributed by atoms with Crippen molar-refractivity contribution in [3.05, 3.63) is 95.6 Å². The van der Waals surface area contributed by atoms with Gasteiger partial charge in [-0.2, -0.15) is 5.10 Å². The first-order valence-corrected chi connectivity index (χ1v) is 10.8. The number of amidine groups is 1. The number of rotatable bonds is 8. The van der Waals surface area contributed by atoms with Crippen molar-refractivity contribution in [1.82, 2.24) is 5.32 Å². The van der Waals surface area contributed by atoms with Crippen LogP contribution in [0, 0.1) is 0 Å². The molecule has 1 fully saturated rings. The summed E-state index contributed by atoms with van der Waals surface area (Å²) in [7, 11) is 0. The number of benzene rings is 3. The summed E-state index contributed by atoms with van der Waals surface area (Å²) < 4.78 is 12.1. The van der Waals surface area contributed by atoms with Gasteiger partial charge in [0.05, 0.1) is 12.0 Å². The fourth-order valence-corrected chi connectivity index (χ4v) is 3.47. The van der Waals surface area contributed by atoms with Crippen molar-refractivity contribution in [3.8, 4) is 11.5 Å². The van der Waals surface area contributed by atoms with Gasteiger partial charge < -0.3 is 14.8 Å². The van der Waals surface area contributed by atoms with Crippen LogP contribution in [0.4, 0.5) is 0 Å². The van der Waals surface area contributed by atoms with Crippen molar-refractivity contribution in [1.29, 1.82) is 0 Å². The maximum Gasteiger partial charge on any atom is 0.236 e. The van der Waals surface area contributed by atoms with E-state index in [1.165, 1.54) is 11.8 Å². The minimum Gasteiger partial charge on any atom is -0.485 e. The molecule has 0 saturated carbocycles. The van der Waals surface area contributed by atoms with Gasteiger partial charge in [0.25, 0.3) is 0 Å². The van der Waals surface area contributed by atoms with Crippen LogP contribution in [0.3, 0.4) is 0 Å². The number of hydrogen-bond donors (Lipinski definition) is 1. The Balaban J connectivity index is 1.49. The predicted octanol–water partition coefficient (Wildman–Crippen LogP) is 4.40. The second-order valence-corrected chi connectivity index (χ2v) is 7.71. The molecule has 0 unspecified atom stereocenters. The summed E-state index contributed by atoms with van der Waals surface area (Å²) in [6, 6.07) is 25.6. The van der Waals surface area contributed by atoms with E-state index in [4.69, 9.17) is 9.47 Å². The van der Waals surface area contributed by atoms with Gasteiger partial charge in [0.1, 0.15) is 13.2 Å². The van der Waals surface area contributed by atoms with Gasteiger partial charge in [0, 0.05) is 0 Å². The smallest absolute Gasteiger partial charge is 0.236 e. The van der Waals surface area contributed by atoms with E-state index in [0.717, 1.165) is 16.7 Å². The van der Waals surface area contributed by atoms with Crippen LogP contribution in [0.1, 0.15) is 16.7 Å². The van der Waals surface area contributed by atoms with Crippen LogP contribution in [0.25, 0.3) is 0 Å². The lowest BCUT2D eigenvalue weighted by atomic mass is 10.2. The quantitative estimate of drug-likeness (QED) is 0.424. The highest BCUT2D eigenvalue weighted by Crippen LogP contribution is 2.29. The normalized spacial score (nSPS) is 14.7. The molecule has 3 aromatic rings. The van der Waals surface area contributed by atoms with Crippen molar-refractivity contribution < 1.29 is 14.3 Å². The second-order valence-electron chi connectivity index (χ2n) is 6.74. The molecule has 4 rings (SSSR count). The molecule has 0 aromatic heterocycles. The Morgan fingerprint density at radius 2 is 1.52 bits per heavy atom. The van der Waals surface area contributed by atoms with Gasteiger partial charge in [-0.1, -0.05) is 72.4 Å². The van der Waals surface area contributed by atoms with E-state index in [0.29, 0.717) is 35.6 Å². The van der Waals surface area contributed by atoms with Gasteiger partial charge in [0.15, 0.2) is 16.7 Å². The lowest BCUT2D eigenvalue weighted by Crippen LogP contribution is -2.19. The van der Waals surface area contributed by atoms with Crippen LogP contribution in [0.15, 0.2) is 89.1 Å². The highest BCUT2D eigenvalue weighted by atomic mass is 32.2. The second kappa shape index (κ2) is 10.4. The van der Waals surface area contributed by atoms with E-state index in [1.807, 2.05) is 78.9 Å². The summed E-state index contributed by atoms with van der Waals surface area (Å²) in [6.07, 6.45) is 1.62. The number of nitrogens with one attached hydrogen (secondary N) is 1. The third-order valence-electron chi connectivity index (χ3n) is 4.38. The Morgan fingerprint density at radius 3 is 2.13 bits per heavy atom.